The molecule has 2 aromatic carbocycles. The summed E-state index contributed by atoms with van der Waals surface area (Å²) < 4.78 is 13.3. The topological polar surface area (TPSA) is 29.3 Å². The molecule has 0 saturated carbocycles. The molecule has 0 fully saturated rings. The smallest absolute Gasteiger partial charge is 0.123 e. The molecule has 1 aliphatic rings. The van der Waals surface area contributed by atoms with Crippen molar-refractivity contribution in [3.63, 3.8) is 0 Å². The average molecular weight is 277 g/mol. The second-order valence-electron chi connectivity index (χ2n) is 4.78. The fourth-order valence-electron chi connectivity index (χ4n) is 2.53. The molecule has 2 nitrogen and oxygen atoms in total. The molecular weight excluding hydrogens is 263 g/mol. The van der Waals surface area contributed by atoms with Gasteiger partial charge in [0, 0.05) is 29.8 Å². The molecule has 0 aromatic heterocycles. The first kappa shape index (κ1) is 12.5. The van der Waals surface area contributed by atoms with Gasteiger partial charge in [0.2, 0.25) is 0 Å². The maximum Gasteiger partial charge on any atom is 0.123 e. The fraction of sp³-hybridized carbons (Fsp3) is 0.200. The molecule has 0 aliphatic carbocycles. The predicted molar refractivity (Wildman–Crippen MR) is 75.8 cm³/mol. The van der Waals surface area contributed by atoms with E-state index in [0.29, 0.717) is 13.1 Å². The van der Waals surface area contributed by atoms with Crippen LogP contribution in [0.25, 0.3) is 0 Å². The van der Waals surface area contributed by atoms with Crippen LogP contribution >= 0.6 is 11.6 Å². The van der Waals surface area contributed by atoms with Gasteiger partial charge in [-0.25, -0.2) is 4.39 Å². The molecule has 0 amide bonds. The number of nitrogens with zero attached hydrogens (tertiary/aromatic N) is 1. The van der Waals surface area contributed by atoms with Gasteiger partial charge in [0.05, 0.1) is 0 Å². The van der Waals surface area contributed by atoms with Crippen molar-refractivity contribution in [2.45, 2.75) is 12.6 Å². The van der Waals surface area contributed by atoms with Crippen LogP contribution in [0.5, 0.6) is 0 Å². The minimum atomic E-state index is -0.242. The molecule has 0 spiro atoms. The van der Waals surface area contributed by atoms with Crippen molar-refractivity contribution in [3.05, 3.63) is 64.4 Å². The summed E-state index contributed by atoms with van der Waals surface area (Å²) in [6.45, 7) is 1.37. The van der Waals surface area contributed by atoms with Crippen LogP contribution in [0, 0.1) is 5.82 Å². The highest BCUT2D eigenvalue weighted by Gasteiger charge is 2.26. The summed E-state index contributed by atoms with van der Waals surface area (Å²) in [7, 11) is 0. The van der Waals surface area contributed by atoms with Crippen LogP contribution in [0.4, 0.5) is 10.1 Å². The Labute approximate surface area is 116 Å². The molecule has 19 heavy (non-hydrogen) atoms. The molecule has 0 unspecified atom stereocenters. The largest absolute Gasteiger partial charge is 0.365 e. The van der Waals surface area contributed by atoms with E-state index in [1.54, 1.807) is 6.07 Å². The van der Waals surface area contributed by atoms with Gasteiger partial charge in [0.15, 0.2) is 0 Å². The van der Waals surface area contributed by atoms with Gasteiger partial charge in [-0.15, -0.1) is 0 Å². The van der Waals surface area contributed by atoms with Crippen LogP contribution in [0.15, 0.2) is 42.5 Å². The van der Waals surface area contributed by atoms with Gasteiger partial charge < -0.3 is 10.6 Å². The summed E-state index contributed by atoms with van der Waals surface area (Å²) in [6, 6.07) is 12.4. The van der Waals surface area contributed by atoms with E-state index >= 15 is 0 Å². The third kappa shape index (κ3) is 2.31. The molecule has 2 N–H and O–H groups in total. The number of anilines is 1. The van der Waals surface area contributed by atoms with Crippen LogP contribution in [-0.2, 0) is 6.54 Å². The van der Waals surface area contributed by atoms with E-state index in [1.165, 1.54) is 12.1 Å². The highest BCUT2D eigenvalue weighted by atomic mass is 35.5. The second-order valence-corrected chi connectivity index (χ2v) is 5.19. The lowest BCUT2D eigenvalue weighted by atomic mass is 10.1. The molecule has 0 radical (unpaired) electrons. The van der Waals surface area contributed by atoms with E-state index in [0.717, 1.165) is 21.8 Å². The summed E-state index contributed by atoms with van der Waals surface area (Å²) in [5.74, 6) is -0.242. The molecule has 1 atom stereocenters. The number of rotatable bonds is 2. The highest BCUT2D eigenvalue weighted by Crippen LogP contribution is 2.35. The molecule has 0 saturated heterocycles. The van der Waals surface area contributed by atoms with Crippen molar-refractivity contribution in [1.29, 1.82) is 0 Å². The number of halogens is 2. The minimum Gasteiger partial charge on any atom is -0.365 e. The minimum absolute atomic E-state index is 0.145. The van der Waals surface area contributed by atoms with Crippen LogP contribution in [0.1, 0.15) is 17.2 Å². The van der Waals surface area contributed by atoms with Gasteiger partial charge in [-0.05, 0) is 35.4 Å². The number of hydrogen-bond donors (Lipinski definition) is 1. The SMILES string of the molecule is N[C@H]1CN(Cc2ccccc2Cl)c2ccc(F)cc21. The zero-order valence-corrected chi connectivity index (χ0v) is 11.1. The first-order chi connectivity index (χ1) is 9.15. The Morgan fingerprint density at radius 1 is 1.26 bits per heavy atom. The van der Waals surface area contributed by atoms with Crippen molar-refractivity contribution in [2.24, 2.45) is 5.73 Å². The molecule has 1 heterocycles. The first-order valence-electron chi connectivity index (χ1n) is 6.18. The van der Waals surface area contributed by atoms with Crippen LogP contribution in [0.2, 0.25) is 5.02 Å². The Kier molecular flexibility index (Phi) is 3.17. The predicted octanol–water partition coefficient (Wildman–Crippen LogP) is 3.50. The Bertz CT molecular complexity index is 615. The first-order valence-corrected chi connectivity index (χ1v) is 6.56. The van der Waals surface area contributed by atoms with E-state index in [4.69, 9.17) is 17.3 Å². The second kappa shape index (κ2) is 4.83. The monoisotopic (exact) mass is 276 g/mol. The maximum atomic E-state index is 13.3. The lowest BCUT2D eigenvalue weighted by Gasteiger charge is -2.20. The third-order valence-electron chi connectivity index (χ3n) is 3.47. The maximum absolute atomic E-state index is 13.3. The Hall–Kier alpha value is -1.58. The van der Waals surface area contributed by atoms with Gasteiger partial charge in [-0.3, -0.25) is 0 Å². The Balaban J connectivity index is 1.91. The van der Waals surface area contributed by atoms with E-state index in [1.807, 2.05) is 24.3 Å². The van der Waals surface area contributed by atoms with Crippen molar-refractivity contribution in [2.75, 3.05) is 11.4 Å². The van der Waals surface area contributed by atoms with E-state index < -0.39 is 0 Å². The summed E-state index contributed by atoms with van der Waals surface area (Å²) in [5.41, 5.74) is 8.97. The van der Waals surface area contributed by atoms with Crippen LogP contribution in [0.3, 0.4) is 0 Å². The summed E-state index contributed by atoms with van der Waals surface area (Å²) in [5, 5.41) is 0.742. The highest BCUT2D eigenvalue weighted by molar-refractivity contribution is 6.31. The van der Waals surface area contributed by atoms with Gasteiger partial charge in [-0.2, -0.15) is 0 Å². The summed E-state index contributed by atoms with van der Waals surface area (Å²) >= 11 is 6.17. The zero-order chi connectivity index (χ0) is 13.4. The lowest BCUT2D eigenvalue weighted by Crippen LogP contribution is -2.24. The molecule has 0 bridgehead atoms. The number of fused-ring (bicyclic) bond motifs is 1. The van der Waals surface area contributed by atoms with Crippen molar-refractivity contribution < 1.29 is 4.39 Å². The van der Waals surface area contributed by atoms with Crippen LogP contribution in [-0.4, -0.2) is 6.54 Å². The quantitative estimate of drug-likeness (QED) is 0.910. The van der Waals surface area contributed by atoms with Crippen molar-refractivity contribution in [1.82, 2.24) is 0 Å². The van der Waals surface area contributed by atoms with Gasteiger partial charge in [0.25, 0.3) is 0 Å². The molecule has 4 heteroatoms. The van der Waals surface area contributed by atoms with E-state index in [2.05, 4.69) is 4.90 Å². The average Bonchev–Trinajstić information content (AvgIpc) is 2.69. The fourth-order valence-corrected chi connectivity index (χ4v) is 2.72. The van der Waals surface area contributed by atoms with Gasteiger partial charge >= 0.3 is 0 Å². The Morgan fingerprint density at radius 2 is 2.05 bits per heavy atom. The van der Waals surface area contributed by atoms with E-state index in [-0.39, 0.29) is 11.9 Å². The Morgan fingerprint density at radius 3 is 2.84 bits per heavy atom. The molecule has 2 aromatic rings. The molecular formula is C15H14ClFN2. The number of benzene rings is 2. The molecule has 98 valence electrons. The van der Waals surface area contributed by atoms with Crippen molar-refractivity contribution in [3.8, 4) is 0 Å². The van der Waals surface area contributed by atoms with Gasteiger partial charge in [-0.1, -0.05) is 29.8 Å². The molecule has 3 rings (SSSR count). The number of nitrogens with two attached hydrogens (primary N) is 1. The van der Waals surface area contributed by atoms with Crippen LogP contribution < -0.4 is 10.6 Å². The number of hydrogen-bond acceptors (Lipinski definition) is 2. The summed E-state index contributed by atoms with van der Waals surface area (Å²) in [6.07, 6.45) is 0. The van der Waals surface area contributed by atoms with Gasteiger partial charge in [0.1, 0.15) is 5.82 Å². The summed E-state index contributed by atoms with van der Waals surface area (Å²) in [4.78, 5) is 2.14. The van der Waals surface area contributed by atoms with Crippen molar-refractivity contribution >= 4 is 17.3 Å². The third-order valence-corrected chi connectivity index (χ3v) is 3.83. The zero-order valence-electron chi connectivity index (χ0n) is 10.3. The van der Waals surface area contributed by atoms with E-state index in [9.17, 15) is 4.39 Å². The lowest BCUT2D eigenvalue weighted by molar-refractivity contribution is 0.624. The normalized spacial score (nSPS) is 17.6. The molecule has 1 aliphatic heterocycles. The standard InChI is InChI=1S/C15H14ClFN2/c16-13-4-2-1-3-10(13)8-19-9-14(18)12-7-11(17)5-6-15(12)19/h1-7,14H,8-9,18H2/t14-/m0/s1.